The number of benzene rings is 3. The Morgan fingerprint density at radius 3 is 2.38 bits per heavy atom. The van der Waals surface area contributed by atoms with E-state index in [9.17, 15) is 12.8 Å². The predicted molar refractivity (Wildman–Crippen MR) is 114 cm³/mol. The SMILES string of the molecule is Cc1ccc(S(=O)(=O)c2cnc3c(F)cccc3c2-c2ccc(Cl)cc2)cc1Cl. The number of aromatic nitrogens is 1. The maximum atomic E-state index is 14.3. The fraction of sp³-hybridized carbons (Fsp3) is 0.0455. The van der Waals surface area contributed by atoms with E-state index in [1.165, 1.54) is 30.5 Å². The molecule has 3 aromatic carbocycles. The molecule has 0 aliphatic heterocycles. The first-order valence-electron chi connectivity index (χ1n) is 8.63. The van der Waals surface area contributed by atoms with Crippen LogP contribution in [0.25, 0.3) is 22.0 Å². The zero-order valence-electron chi connectivity index (χ0n) is 15.2. The van der Waals surface area contributed by atoms with Crippen molar-refractivity contribution in [2.24, 2.45) is 0 Å². The van der Waals surface area contributed by atoms with Gasteiger partial charge < -0.3 is 0 Å². The first kappa shape index (κ1) is 19.8. The Balaban J connectivity index is 2.08. The molecule has 0 amide bonds. The number of fused-ring (bicyclic) bond motifs is 1. The standard InChI is InChI=1S/C22H14Cl2FNO2S/c1-13-5-10-16(11-18(13)24)29(27,28)20-12-26-22-17(3-2-4-19(22)25)21(20)14-6-8-15(23)9-7-14/h2-12H,1H3. The van der Waals surface area contributed by atoms with Crippen molar-refractivity contribution in [3.63, 3.8) is 0 Å². The zero-order valence-corrected chi connectivity index (χ0v) is 17.5. The van der Waals surface area contributed by atoms with Crippen molar-refractivity contribution in [2.45, 2.75) is 16.7 Å². The van der Waals surface area contributed by atoms with Crippen molar-refractivity contribution in [3.8, 4) is 11.1 Å². The quantitative estimate of drug-likeness (QED) is 0.362. The van der Waals surface area contributed by atoms with Gasteiger partial charge in [-0.25, -0.2) is 12.8 Å². The highest BCUT2D eigenvalue weighted by Crippen LogP contribution is 2.38. The van der Waals surface area contributed by atoms with Crippen LogP contribution in [-0.4, -0.2) is 13.4 Å². The first-order chi connectivity index (χ1) is 13.8. The molecular weight excluding hydrogens is 432 g/mol. The van der Waals surface area contributed by atoms with Gasteiger partial charge >= 0.3 is 0 Å². The molecule has 0 aliphatic rings. The van der Waals surface area contributed by atoms with E-state index in [0.29, 0.717) is 26.6 Å². The third-order valence-corrected chi connectivity index (χ3v) is 7.11. The number of aryl methyl sites for hydroxylation is 1. The van der Waals surface area contributed by atoms with Gasteiger partial charge in [0.2, 0.25) is 9.84 Å². The molecule has 1 heterocycles. The lowest BCUT2D eigenvalue weighted by Crippen LogP contribution is -2.06. The van der Waals surface area contributed by atoms with Crippen LogP contribution in [0, 0.1) is 12.7 Å². The smallest absolute Gasteiger partial charge is 0.208 e. The lowest BCUT2D eigenvalue weighted by molar-refractivity contribution is 0.596. The number of halogens is 3. The number of nitrogens with zero attached hydrogens (tertiary/aromatic N) is 1. The Morgan fingerprint density at radius 2 is 1.69 bits per heavy atom. The van der Waals surface area contributed by atoms with E-state index < -0.39 is 15.7 Å². The minimum Gasteiger partial charge on any atom is -0.252 e. The third kappa shape index (κ3) is 3.50. The zero-order chi connectivity index (χ0) is 20.8. The normalized spacial score (nSPS) is 11.7. The maximum absolute atomic E-state index is 14.3. The van der Waals surface area contributed by atoms with Crippen LogP contribution in [-0.2, 0) is 9.84 Å². The minimum absolute atomic E-state index is 0.0298. The summed E-state index contributed by atoms with van der Waals surface area (Å²) in [6.07, 6.45) is 1.19. The van der Waals surface area contributed by atoms with Gasteiger partial charge in [0.1, 0.15) is 11.3 Å². The topological polar surface area (TPSA) is 47.0 Å². The van der Waals surface area contributed by atoms with E-state index in [2.05, 4.69) is 4.98 Å². The maximum Gasteiger partial charge on any atom is 0.208 e. The van der Waals surface area contributed by atoms with Crippen LogP contribution in [0.5, 0.6) is 0 Å². The van der Waals surface area contributed by atoms with Gasteiger partial charge in [0, 0.05) is 27.2 Å². The lowest BCUT2D eigenvalue weighted by atomic mass is 10.0. The number of sulfone groups is 1. The second kappa shape index (κ2) is 7.41. The van der Waals surface area contributed by atoms with Crippen LogP contribution < -0.4 is 0 Å². The molecule has 0 aliphatic carbocycles. The van der Waals surface area contributed by atoms with Crippen LogP contribution in [0.15, 0.2) is 76.7 Å². The van der Waals surface area contributed by atoms with Crippen LogP contribution in [0.2, 0.25) is 10.0 Å². The summed E-state index contributed by atoms with van der Waals surface area (Å²) < 4.78 is 41.3. The Morgan fingerprint density at radius 1 is 0.966 bits per heavy atom. The van der Waals surface area contributed by atoms with E-state index in [1.54, 1.807) is 43.3 Å². The molecule has 0 radical (unpaired) electrons. The Hall–Kier alpha value is -2.47. The minimum atomic E-state index is -3.97. The van der Waals surface area contributed by atoms with Crippen molar-refractivity contribution in [1.82, 2.24) is 4.98 Å². The van der Waals surface area contributed by atoms with Gasteiger partial charge in [-0.15, -0.1) is 0 Å². The summed E-state index contributed by atoms with van der Waals surface area (Å²) >= 11 is 12.1. The molecule has 0 atom stereocenters. The van der Waals surface area contributed by atoms with Gasteiger partial charge in [0.05, 0.1) is 9.79 Å². The van der Waals surface area contributed by atoms with Gasteiger partial charge in [0.25, 0.3) is 0 Å². The molecule has 3 nitrogen and oxygen atoms in total. The average molecular weight is 446 g/mol. The Bertz CT molecular complexity index is 1350. The number of pyridine rings is 1. The largest absolute Gasteiger partial charge is 0.252 e. The summed E-state index contributed by atoms with van der Waals surface area (Å²) in [5, 5.41) is 1.25. The molecule has 29 heavy (non-hydrogen) atoms. The molecule has 0 saturated carbocycles. The molecule has 0 fully saturated rings. The molecule has 0 spiro atoms. The van der Waals surface area contributed by atoms with Crippen LogP contribution in [0.1, 0.15) is 5.56 Å². The second-order valence-corrected chi connectivity index (χ2v) is 9.32. The van der Waals surface area contributed by atoms with Crippen molar-refractivity contribution >= 4 is 43.9 Å². The number of para-hydroxylation sites is 1. The van der Waals surface area contributed by atoms with E-state index in [0.717, 1.165) is 5.56 Å². The number of hydrogen-bond acceptors (Lipinski definition) is 3. The molecule has 0 N–H and O–H groups in total. The first-order valence-corrected chi connectivity index (χ1v) is 10.9. The van der Waals surface area contributed by atoms with E-state index >= 15 is 0 Å². The van der Waals surface area contributed by atoms with Crippen LogP contribution in [0.4, 0.5) is 4.39 Å². The van der Waals surface area contributed by atoms with Crippen molar-refractivity contribution in [1.29, 1.82) is 0 Å². The molecule has 4 rings (SSSR count). The van der Waals surface area contributed by atoms with E-state index in [-0.39, 0.29) is 15.3 Å². The fourth-order valence-corrected chi connectivity index (χ4v) is 4.99. The van der Waals surface area contributed by atoms with Crippen molar-refractivity contribution in [2.75, 3.05) is 0 Å². The van der Waals surface area contributed by atoms with Crippen LogP contribution in [0.3, 0.4) is 0 Å². The molecular formula is C22H14Cl2FNO2S. The fourth-order valence-electron chi connectivity index (χ4n) is 3.15. The Kier molecular flexibility index (Phi) is 5.07. The van der Waals surface area contributed by atoms with E-state index in [4.69, 9.17) is 23.2 Å². The van der Waals surface area contributed by atoms with E-state index in [1.807, 2.05) is 0 Å². The Labute approximate surface area is 177 Å². The van der Waals surface area contributed by atoms with Crippen LogP contribution >= 0.6 is 23.2 Å². The second-order valence-electron chi connectivity index (χ2n) is 6.55. The third-order valence-electron chi connectivity index (χ3n) is 4.69. The highest BCUT2D eigenvalue weighted by atomic mass is 35.5. The molecule has 0 saturated heterocycles. The van der Waals surface area contributed by atoms with Gasteiger partial charge in [-0.1, -0.05) is 53.5 Å². The summed E-state index contributed by atoms with van der Waals surface area (Å²) in [7, 11) is -3.97. The summed E-state index contributed by atoms with van der Waals surface area (Å²) in [5.74, 6) is -0.528. The molecule has 4 aromatic rings. The predicted octanol–water partition coefficient (Wildman–Crippen LogP) is 6.49. The summed E-state index contributed by atoms with van der Waals surface area (Å²) in [5.41, 5.74) is 1.81. The molecule has 0 unspecified atom stereocenters. The lowest BCUT2D eigenvalue weighted by Gasteiger charge is -2.14. The van der Waals surface area contributed by atoms with Crippen molar-refractivity contribution < 1.29 is 12.8 Å². The molecule has 1 aromatic heterocycles. The molecule has 146 valence electrons. The van der Waals surface area contributed by atoms with Gasteiger partial charge in [-0.05, 0) is 48.4 Å². The number of rotatable bonds is 3. The van der Waals surface area contributed by atoms with Gasteiger partial charge in [-0.3, -0.25) is 4.98 Å². The van der Waals surface area contributed by atoms with Gasteiger partial charge in [-0.2, -0.15) is 0 Å². The average Bonchev–Trinajstić information content (AvgIpc) is 2.70. The molecule has 0 bridgehead atoms. The summed E-state index contributed by atoms with van der Waals surface area (Å²) in [6.45, 7) is 1.79. The monoisotopic (exact) mass is 445 g/mol. The van der Waals surface area contributed by atoms with Gasteiger partial charge in [0.15, 0.2) is 0 Å². The highest BCUT2D eigenvalue weighted by molar-refractivity contribution is 7.91. The summed E-state index contributed by atoms with van der Waals surface area (Å²) in [4.78, 5) is 4.12. The van der Waals surface area contributed by atoms with Crippen molar-refractivity contribution in [3.05, 3.63) is 88.3 Å². The highest BCUT2D eigenvalue weighted by Gasteiger charge is 2.25. The molecule has 7 heteroatoms. The summed E-state index contributed by atoms with van der Waals surface area (Å²) in [6, 6.07) is 15.7. The number of hydrogen-bond donors (Lipinski definition) is 0.